The molecule has 0 aliphatic carbocycles. The fraction of sp³-hybridized carbons (Fsp3) is 0.273. The molecule has 0 heterocycles. The van der Waals surface area contributed by atoms with Gasteiger partial charge in [0.1, 0.15) is 0 Å². The maximum Gasteiger partial charge on any atom is 0.238 e. The van der Waals surface area contributed by atoms with Crippen LogP contribution in [0.25, 0.3) is 0 Å². The van der Waals surface area contributed by atoms with E-state index in [9.17, 15) is 13.2 Å². The van der Waals surface area contributed by atoms with Gasteiger partial charge in [0, 0.05) is 5.69 Å². The lowest BCUT2D eigenvalue weighted by atomic mass is 10.0. The highest BCUT2D eigenvalue weighted by Gasteiger charge is 2.21. The number of oxime groups is 1. The van der Waals surface area contributed by atoms with Gasteiger partial charge in [0.15, 0.2) is 5.84 Å². The number of amides is 1. The molecule has 1 atom stereocenters. The van der Waals surface area contributed by atoms with E-state index < -0.39 is 21.8 Å². The number of nitrogens with two attached hydrogens (primary N) is 2. The number of carbonyl (C=O) groups is 1. The predicted molar refractivity (Wildman–Crippen MR) is 73.6 cm³/mol. The highest BCUT2D eigenvalue weighted by Crippen LogP contribution is 2.15. The lowest BCUT2D eigenvalue weighted by molar-refractivity contribution is -0.118. The third-order valence-electron chi connectivity index (χ3n) is 2.63. The van der Waals surface area contributed by atoms with Gasteiger partial charge in [0.25, 0.3) is 0 Å². The zero-order valence-electron chi connectivity index (χ0n) is 10.8. The van der Waals surface area contributed by atoms with Crippen molar-refractivity contribution in [2.45, 2.75) is 18.2 Å². The van der Waals surface area contributed by atoms with Gasteiger partial charge in [-0.3, -0.25) is 4.79 Å². The Morgan fingerprint density at radius 3 is 2.65 bits per heavy atom. The first-order valence-electron chi connectivity index (χ1n) is 5.70. The largest absolute Gasteiger partial charge is 0.409 e. The molecule has 0 aliphatic heterocycles. The number of nitrogens with zero attached hydrogens (tertiary/aromatic N) is 1. The first kappa shape index (κ1) is 15.9. The summed E-state index contributed by atoms with van der Waals surface area (Å²) < 4.78 is 22.4. The third-order valence-corrected chi connectivity index (χ3v) is 3.54. The minimum Gasteiger partial charge on any atom is -0.409 e. The summed E-state index contributed by atoms with van der Waals surface area (Å²) in [6.45, 7) is 1.70. The molecule has 0 radical (unpaired) electrons. The Labute approximate surface area is 116 Å². The van der Waals surface area contributed by atoms with Crippen molar-refractivity contribution in [1.82, 2.24) is 0 Å². The van der Waals surface area contributed by atoms with Crippen molar-refractivity contribution in [2.75, 3.05) is 5.32 Å². The average Bonchev–Trinajstić information content (AvgIpc) is 2.38. The van der Waals surface area contributed by atoms with Crippen LogP contribution in [0.4, 0.5) is 5.69 Å². The maximum atomic E-state index is 11.9. The van der Waals surface area contributed by atoms with Crippen LogP contribution in [0.1, 0.15) is 13.3 Å². The van der Waals surface area contributed by atoms with E-state index >= 15 is 0 Å². The molecule has 9 heteroatoms. The zero-order valence-corrected chi connectivity index (χ0v) is 11.6. The van der Waals surface area contributed by atoms with Crippen LogP contribution in [0.3, 0.4) is 0 Å². The molecule has 0 aliphatic rings. The van der Waals surface area contributed by atoms with Gasteiger partial charge in [-0.1, -0.05) is 18.1 Å². The van der Waals surface area contributed by atoms with Crippen LogP contribution in [0, 0.1) is 5.92 Å². The fourth-order valence-corrected chi connectivity index (χ4v) is 2.14. The van der Waals surface area contributed by atoms with Crippen molar-refractivity contribution < 1.29 is 18.4 Å². The molecule has 0 aromatic heterocycles. The zero-order chi connectivity index (χ0) is 15.3. The molecule has 0 spiro atoms. The number of nitrogens with one attached hydrogen (secondary N) is 1. The van der Waals surface area contributed by atoms with Gasteiger partial charge in [-0.2, -0.15) is 0 Å². The Bertz CT molecular complexity index is 627. The van der Waals surface area contributed by atoms with E-state index in [2.05, 4.69) is 10.5 Å². The second-order valence-corrected chi connectivity index (χ2v) is 5.61. The van der Waals surface area contributed by atoms with Crippen molar-refractivity contribution >= 4 is 27.5 Å². The SMILES string of the molecule is CCC(C(=O)Nc1cccc(S(N)(=O)=O)c1)C(N)=NO. The molecule has 1 amide bonds. The molecule has 1 aromatic rings. The molecule has 20 heavy (non-hydrogen) atoms. The van der Waals surface area contributed by atoms with Crippen LogP contribution >= 0.6 is 0 Å². The summed E-state index contributed by atoms with van der Waals surface area (Å²) in [4.78, 5) is 11.8. The number of sulfonamides is 1. The van der Waals surface area contributed by atoms with Gasteiger partial charge < -0.3 is 16.3 Å². The summed E-state index contributed by atoms with van der Waals surface area (Å²) in [6.07, 6.45) is 0.330. The van der Waals surface area contributed by atoms with Crippen molar-refractivity contribution in [3.63, 3.8) is 0 Å². The van der Waals surface area contributed by atoms with Crippen LogP contribution < -0.4 is 16.2 Å². The van der Waals surface area contributed by atoms with Crippen LogP contribution in [0.5, 0.6) is 0 Å². The molecule has 0 saturated carbocycles. The van der Waals surface area contributed by atoms with Gasteiger partial charge >= 0.3 is 0 Å². The molecule has 0 fully saturated rings. The lowest BCUT2D eigenvalue weighted by Crippen LogP contribution is -2.34. The topological polar surface area (TPSA) is 148 Å². The Morgan fingerprint density at radius 2 is 2.15 bits per heavy atom. The van der Waals surface area contributed by atoms with E-state index in [1.807, 2.05) is 0 Å². The molecule has 6 N–H and O–H groups in total. The van der Waals surface area contributed by atoms with Gasteiger partial charge in [-0.15, -0.1) is 0 Å². The molecule has 1 unspecified atom stereocenters. The number of hydrogen-bond donors (Lipinski definition) is 4. The van der Waals surface area contributed by atoms with E-state index in [1.54, 1.807) is 6.92 Å². The van der Waals surface area contributed by atoms with Gasteiger partial charge in [0.2, 0.25) is 15.9 Å². The van der Waals surface area contributed by atoms with Gasteiger partial charge in [-0.25, -0.2) is 13.6 Å². The fourth-order valence-electron chi connectivity index (χ4n) is 1.58. The molecule has 1 rings (SSSR count). The monoisotopic (exact) mass is 300 g/mol. The van der Waals surface area contributed by atoms with E-state index in [0.717, 1.165) is 0 Å². The minimum atomic E-state index is -3.85. The maximum absolute atomic E-state index is 11.9. The molecular formula is C11H16N4O4S. The third kappa shape index (κ3) is 3.93. The number of rotatable bonds is 5. The van der Waals surface area contributed by atoms with Crippen LogP contribution in [-0.2, 0) is 14.8 Å². The second kappa shape index (κ2) is 6.35. The van der Waals surface area contributed by atoms with E-state index in [4.69, 9.17) is 16.1 Å². The highest BCUT2D eigenvalue weighted by molar-refractivity contribution is 7.89. The summed E-state index contributed by atoms with van der Waals surface area (Å²) in [6, 6.07) is 5.49. The Hall–Kier alpha value is -2.13. The minimum absolute atomic E-state index is 0.118. The summed E-state index contributed by atoms with van der Waals surface area (Å²) in [5.41, 5.74) is 5.66. The first-order valence-corrected chi connectivity index (χ1v) is 7.25. The predicted octanol–water partition coefficient (Wildman–Crippen LogP) is 0.0451. The first-order chi connectivity index (χ1) is 9.29. The lowest BCUT2D eigenvalue weighted by Gasteiger charge is -2.13. The van der Waals surface area contributed by atoms with Crippen molar-refractivity contribution in [2.24, 2.45) is 21.9 Å². The van der Waals surface area contributed by atoms with Crippen LogP contribution in [-0.4, -0.2) is 25.4 Å². The highest BCUT2D eigenvalue weighted by atomic mass is 32.2. The number of amidine groups is 1. The van der Waals surface area contributed by atoms with Crippen molar-refractivity contribution in [3.8, 4) is 0 Å². The number of benzene rings is 1. The molecule has 0 bridgehead atoms. The summed E-state index contributed by atoms with van der Waals surface area (Å²) >= 11 is 0. The molecule has 0 saturated heterocycles. The second-order valence-electron chi connectivity index (χ2n) is 4.05. The summed E-state index contributed by atoms with van der Waals surface area (Å²) in [5.74, 6) is -1.53. The number of anilines is 1. The Kier molecular flexibility index (Phi) is 5.06. The Morgan fingerprint density at radius 1 is 1.50 bits per heavy atom. The molecule has 110 valence electrons. The Balaban J connectivity index is 2.97. The number of primary sulfonamides is 1. The quantitative estimate of drug-likeness (QED) is 0.262. The van der Waals surface area contributed by atoms with E-state index in [1.165, 1.54) is 24.3 Å². The van der Waals surface area contributed by atoms with Crippen LogP contribution in [0.15, 0.2) is 34.3 Å². The summed E-state index contributed by atoms with van der Waals surface area (Å²) in [5, 5.41) is 18.9. The summed E-state index contributed by atoms with van der Waals surface area (Å²) in [7, 11) is -3.85. The van der Waals surface area contributed by atoms with Gasteiger partial charge in [0.05, 0.1) is 10.8 Å². The van der Waals surface area contributed by atoms with Gasteiger partial charge in [-0.05, 0) is 24.6 Å². The van der Waals surface area contributed by atoms with E-state index in [0.29, 0.717) is 6.42 Å². The standard InChI is InChI=1S/C11H16N4O4S/c1-2-9(10(12)15-17)11(16)14-7-4-3-5-8(6-7)20(13,18)19/h3-6,9,17H,2H2,1H3,(H2,12,15)(H,14,16)(H2,13,18,19). The van der Waals surface area contributed by atoms with Crippen molar-refractivity contribution in [1.29, 1.82) is 0 Å². The molecular weight excluding hydrogens is 284 g/mol. The molecule has 1 aromatic carbocycles. The van der Waals surface area contributed by atoms with Crippen LogP contribution in [0.2, 0.25) is 0 Å². The normalized spacial score (nSPS) is 13.8. The van der Waals surface area contributed by atoms with E-state index in [-0.39, 0.29) is 16.4 Å². The average molecular weight is 300 g/mol. The van der Waals surface area contributed by atoms with Crippen molar-refractivity contribution in [3.05, 3.63) is 24.3 Å². The number of carbonyl (C=O) groups excluding carboxylic acids is 1. The molecule has 8 nitrogen and oxygen atoms in total. The number of hydrogen-bond acceptors (Lipinski definition) is 5. The smallest absolute Gasteiger partial charge is 0.238 e.